The molecule has 3 nitrogen and oxygen atoms in total. The molecule has 4 aromatic rings. The van der Waals surface area contributed by atoms with Crippen LogP contribution in [0.3, 0.4) is 0 Å². The molecule has 34 heavy (non-hydrogen) atoms. The molecule has 0 atom stereocenters. The molecule has 0 saturated heterocycles. The van der Waals surface area contributed by atoms with E-state index < -0.39 is 0 Å². The molecule has 0 N–H and O–H groups in total. The summed E-state index contributed by atoms with van der Waals surface area (Å²) in [6, 6.07) is 33.4. The van der Waals surface area contributed by atoms with Crippen LogP contribution in [0.2, 0.25) is 0 Å². The van der Waals surface area contributed by atoms with E-state index in [1.54, 1.807) is 6.07 Å². The van der Waals surface area contributed by atoms with Gasteiger partial charge < -0.3 is 4.90 Å². The minimum atomic E-state index is 0.426. The molecule has 0 unspecified atom stereocenters. The van der Waals surface area contributed by atoms with Gasteiger partial charge in [-0.05, 0) is 54.8 Å². The first-order chi connectivity index (χ1) is 16.8. The SMILES string of the molecule is N#Cc1cccc(-c2cccc(-c3ccccc3N3C4=C(C=CCC4)Sc4ccccc43)c2)n1. The van der Waals surface area contributed by atoms with Crippen molar-refractivity contribution in [2.45, 2.75) is 17.7 Å². The van der Waals surface area contributed by atoms with Crippen LogP contribution in [-0.4, -0.2) is 4.98 Å². The van der Waals surface area contributed by atoms with Crippen LogP contribution in [0.15, 0.2) is 119 Å². The maximum Gasteiger partial charge on any atom is 0.141 e. The summed E-state index contributed by atoms with van der Waals surface area (Å²) in [5, 5.41) is 9.27. The Balaban J connectivity index is 1.51. The molecule has 6 rings (SSSR count). The van der Waals surface area contributed by atoms with Crippen molar-refractivity contribution < 1.29 is 0 Å². The first-order valence-corrected chi connectivity index (χ1v) is 12.2. The maximum atomic E-state index is 9.27. The Bertz CT molecular complexity index is 1510. The standard InChI is InChI=1S/C30H21N3S/c31-20-23-11-8-13-25(32-23)22-10-7-9-21(19-22)24-12-1-2-14-26(24)33-27-15-3-5-17-29(27)34-30-18-6-4-16-28(30)33/h1-3,5-15,17-19H,4,16H2. The fraction of sp³-hybridized carbons (Fsp3) is 0.0667. The van der Waals surface area contributed by atoms with Crippen LogP contribution in [0, 0.1) is 11.3 Å². The molecule has 162 valence electrons. The Morgan fingerprint density at radius 2 is 1.62 bits per heavy atom. The third-order valence-electron chi connectivity index (χ3n) is 6.18. The van der Waals surface area contributed by atoms with Crippen LogP contribution in [-0.2, 0) is 0 Å². The molecule has 1 aliphatic heterocycles. The summed E-state index contributed by atoms with van der Waals surface area (Å²) < 4.78 is 0. The topological polar surface area (TPSA) is 39.9 Å². The number of hydrogen-bond acceptors (Lipinski definition) is 4. The summed E-state index contributed by atoms with van der Waals surface area (Å²) in [7, 11) is 0. The lowest BCUT2D eigenvalue weighted by Crippen LogP contribution is -2.22. The molecule has 2 heterocycles. The number of fused-ring (bicyclic) bond motifs is 1. The number of aromatic nitrogens is 1. The van der Waals surface area contributed by atoms with E-state index in [4.69, 9.17) is 0 Å². The summed E-state index contributed by atoms with van der Waals surface area (Å²) in [5.41, 5.74) is 8.29. The lowest BCUT2D eigenvalue weighted by molar-refractivity contribution is 0.904. The molecule has 0 amide bonds. The van der Waals surface area contributed by atoms with Crippen LogP contribution in [0.1, 0.15) is 18.5 Å². The van der Waals surface area contributed by atoms with Gasteiger partial charge in [0.05, 0.1) is 17.1 Å². The zero-order valence-corrected chi connectivity index (χ0v) is 19.3. The maximum absolute atomic E-state index is 9.27. The molecule has 1 aromatic heterocycles. The fourth-order valence-electron chi connectivity index (χ4n) is 4.63. The number of anilines is 2. The molecule has 2 aliphatic rings. The van der Waals surface area contributed by atoms with E-state index in [0.29, 0.717) is 5.69 Å². The number of thioether (sulfide) groups is 1. The lowest BCUT2D eigenvalue weighted by Gasteiger charge is -2.37. The van der Waals surface area contributed by atoms with Gasteiger partial charge in [-0.1, -0.05) is 78.5 Å². The second-order valence-corrected chi connectivity index (χ2v) is 9.36. The van der Waals surface area contributed by atoms with E-state index in [1.807, 2.05) is 23.9 Å². The third kappa shape index (κ3) is 3.61. The Labute approximate surface area is 203 Å². The molecule has 4 heteroatoms. The van der Waals surface area contributed by atoms with Crippen LogP contribution in [0.5, 0.6) is 0 Å². The molecule has 1 aliphatic carbocycles. The molecular formula is C30H21N3S. The zero-order valence-electron chi connectivity index (χ0n) is 18.5. The van der Waals surface area contributed by atoms with Crippen LogP contribution in [0.25, 0.3) is 22.4 Å². The number of benzene rings is 3. The number of hydrogen-bond donors (Lipinski definition) is 0. The zero-order chi connectivity index (χ0) is 22.9. The van der Waals surface area contributed by atoms with Gasteiger partial charge in [0.15, 0.2) is 0 Å². The van der Waals surface area contributed by atoms with E-state index in [2.05, 4.69) is 101 Å². The number of rotatable bonds is 3. The van der Waals surface area contributed by atoms with Crippen LogP contribution in [0.4, 0.5) is 11.4 Å². The first kappa shape index (κ1) is 20.5. The summed E-state index contributed by atoms with van der Waals surface area (Å²) >= 11 is 1.86. The van der Waals surface area contributed by atoms with Gasteiger partial charge in [-0.2, -0.15) is 5.26 Å². The summed E-state index contributed by atoms with van der Waals surface area (Å²) in [6.07, 6.45) is 6.61. The summed E-state index contributed by atoms with van der Waals surface area (Å²) in [5.74, 6) is 0. The molecule has 0 bridgehead atoms. The van der Waals surface area contributed by atoms with Crippen molar-refractivity contribution in [3.8, 4) is 28.5 Å². The highest BCUT2D eigenvalue weighted by atomic mass is 32.2. The number of allylic oxidation sites excluding steroid dienone is 3. The largest absolute Gasteiger partial charge is 0.311 e. The molecular weight excluding hydrogens is 434 g/mol. The molecule has 0 saturated carbocycles. The Morgan fingerprint density at radius 1 is 0.824 bits per heavy atom. The van der Waals surface area contributed by atoms with E-state index in [1.165, 1.54) is 32.4 Å². The van der Waals surface area contributed by atoms with Crippen molar-refractivity contribution in [2.24, 2.45) is 0 Å². The molecule has 0 spiro atoms. The van der Waals surface area contributed by atoms with Crippen molar-refractivity contribution in [3.63, 3.8) is 0 Å². The minimum Gasteiger partial charge on any atom is -0.311 e. The highest BCUT2D eigenvalue weighted by Crippen LogP contribution is 2.51. The van der Waals surface area contributed by atoms with E-state index in [0.717, 1.165) is 29.7 Å². The van der Waals surface area contributed by atoms with Gasteiger partial charge in [-0.25, -0.2) is 4.98 Å². The Hall–Kier alpha value is -4.07. The number of para-hydroxylation sites is 2. The van der Waals surface area contributed by atoms with E-state index in [-0.39, 0.29) is 0 Å². The van der Waals surface area contributed by atoms with Gasteiger partial charge >= 0.3 is 0 Å². The predicted octanol–water partition coefficient (Wildman–Crippen LogP) is 8.09. The highest BCUT2D eigenvalue weighted by molar-refractivity contribution is 8.03. The molecule has 0 fully saturated rings. The Morgan fingerprint density at radius 3 is 2.53 bits per heavy atom. The lowest BCUT2D eigenvalue weighted by atomic mass is 9.98. The number of nitrogens with zero attached hydrogens (tertiary/aromatic N) is 3. The van der Waals surface area contributed by atoms with Crippen molar-refractivity contribution in [1.29, 1.82) is 5.26 Å². The summed E-state index contributed by atoms with van der Waals surface area (Å²) in [6.45, 7) is 0. The average Bonchev–Trinajstić information content (AvgIpc) is 2.92. The number of nitriles is 1. The van der Waals surface area contributed by atoms with Crippen LogP contribution >= 0.6 is 11.8 Å². The highest BCUT2D eigenvalue weighted by Gasteiger charge is 2.28. The van der Waals surface area contributed by atoms with E-state index in [9.17, 15) is 5.26 Å². The van der Waals surface area contributed by atoms with E-state index >= 15 is 0 Å². The van der Waals surface area contributed by atoms with Gasteiger partial charge in [0, 0.05) is 26.6 Å². The van der Waals surface area contributed by atoms with Crippen molar-refractivity contribution in [3.05, 3.63) is 119 Å². The van der Waals surface area contributed by atoms with Crippen molar-refractivity contribution in [2.75, 3.05) is 4.90 Å². The number of pyridine rings is 1. The van der Waals surface area contributed by atoms with Gasteiger partial charge in [-0.3, -0.25) is 0 Å². The first-order valence-electron chi connectivity index (χ1n) is 11.4. The smallest absolute Gasteiger partial charge is 0.141 e. The van der Waals surface area contributed by atoms with Gasteiger partial charge in [0.1, 0.15) is 11.8 Å². The average molecular weight is 456 g/mol. The second kappa shape index (κ2) is 8.70. The quantitative estimate of drug-likeness (QED) is 0.313. The van der Waals surface area contributed by atoms with Gasteiger partial charge in [0.25, 0.3) is 0 Å². The molecule has 3 aromatic carbocycles. The van der Waals surface area contributed by atoms with Gasteiger partial charge in [0.2, 0.25) is 0 Å². The monoisotopic (exact) mass is 455 g/mol. The minimum absolute atomic E-state index is 0.426. The molecule has 0 radical (unpaired) electrons. The van der Waals surface area contributed by atoms with Crippen molar-refractivity contribution >= 4 is 23.1 Å². The normalized spacial score (nSPS) is 14.4. The Kier molecular flexibility index (Phi) is 5.25. The van der Waals surface area contributed by atoms with Crippen LogP contribution < -0.4 is 4.90 Å². The summed E-state index contributed by atoms with van der Waals surface area (Å²) in [4.78, 5) is 9.55. The van der Waals surface area contributed by atoms with Gasteiger partial charge in [-0.15, -0.1) is 0 Å². The predicted molar refractivity (Wildman–Crippen MR) is 140 cm³/mol. The third-order valence-corrected chi connectivity index (χ3v) is 7.33. The van der Waals surface area contributed by atoms with Crippen molar-refractivity contribution in [1.82, 2.24) is 4.98 Å². The second-order valence-electron chi connectivity index (χ2n) is 8.28. The fourth-order valence-corrected chi connectivity index (χ4v) is 5.75.